The molecule has 2 aliphatic rings. The topological polar surface area (TPSA) is 137 Å². The summed E-state index contributed by atoms with van der Waals surface area (Å²) in [7, 11) is -3.87. The number of nitrogens with one attached hydrogen (secondary N) is 1. The van der Waals surface area contributed by atoms with Gasteiger partial charge < -0.3 is 15.8 Å². The lowest BCUT2D eigenvalue weighted by Crippen LogP contribution is -2.42. The van der Waals surface area contributed by atoms with Crippen molar-refractivity contribution in [3.05, 3.63) is 50.9 Å². The molecule has 1 amide bonds. The molecule has 36 heavy (non-hydrogen) atoms. The zero-order valence-corrected chi connectivity index (χ0v) is 21.4. The third kappa shape index (κ3) is 5.41. The second-order valence-corrected chi connectivity index (χ2v) is 11.5. The number of aryl methyl sites for hydroxylation is 1. The summed E-state index contributed by atoms with van der Waals surface area (Å²) in [4.78, 5) is 24.5. The molecule has 0 spiro atoms. The molecule has 2 aliphatic heterocycles. The van der Waals surface area contributed by atoms with E-state index in [0.29, 0.717) is 37.9 Å². The van der Waals surface area contributed by atoms with Crippen LogP contribution >= 0.6 is 11.6 Å². The Bertz CT molecular complexity index is 1300. The predicted molar refractivity (Wildman–Crippen MR) is 133 cm³/mol. The fourth-order valence-corrected chi connectivity index (χ4v) is 6.46. The largest absolute Gasteiger partial charge is 0.379 e. The number of piperidine rings is 1. The molecule has 0 unspecified atom stereocenters. The Hall–Kier alpha value is -2.54. The normalized spacial score (nSPS) is 21.9. The maximum absolute atomic E-state index is 14.8. The van der Waals surface area contributed by atoms with Gasteiger partial charge in [-0.05, 0) is 50.3 Å². The number of primary amides is 1. The molecule has 1 atom stereocenters. The molecule has 196 valence electrons. The standard InChI is InChI=1S/C23H29ClFN5O5S/c1-15-3-4-16(21(26)31)11-19(15)36(33,34)29-8-5-17(6-9-29)30-22(32)20(24)18(12-28-30)27-13-23(25)7-2-10-35-14-23/h3-4,11-12,17,27H,2,5-10,13-14H2,1H3,(H2,26,31)/t23-/m0/s1. The second-order valence-electron chi connectivity index (χ2n) is 9.26. The number of rotatable bonds is 7. The van der Waals surface area contributed by atoms with Crippen molar-refractivity contribution in [1.82, 2.24) is 14.1 Å². The van der Waals surface area contributed by atoms with Crippen LogP contribution in [0.1, 0.15) is 47.6 Å². The SMILES string of the molecule is Cc1ccc(C(N)=O)cc1S(=O)(=O)N1CCC(n2ncc(NC[C@@]3(F)CCCOC3)c(Cl)c2=O)CC1. The molecule has 1 aromatic heterocycles. The van der Waals surface area contributed by atoms with Gasteiger partial charge in [-0.3, -0.25) is 9.59 Å². The molecule has 0 aliphatic carbocycles. The molecule has 1 aromatic carbocycles. The van der Waals surface area contributed by atoms with Gasteiger partial charge in [-0.25, -0.2) is 17.5 Å². The van der Waals surface area contributed by atoms with Crippen LogP contribution in [0, 0.1) is 6.92 Å². The first-order valence-corrected chi connectivity index (χ1v) is 13.5. The second kappa shape index (κ2) is 10.4. The van der Waals surface area contributed by atoms with E-state index in [1.54, 1.807) is 13.0 Å². The number of amides is 1. The first-order valence-electron chi connectivity index (χ1n) is 11.7. The number of benzene rings is 1. The van der Waals surface area contributed by atoms with Crippen LogP contribution in [0.3, 0.4) is 0 Å². The minimum absolute atomic E-state index is 0.0179. The molecular weight excluding hydrogens is 513 g/mol. The number of ether oxygens (including phenoxy) is 1. The summed E-state index contributed by atoms with van der Waals surface area (Å²) < 4.78 is 49.1. The van der Waals surface area contributed by atoms with E-state index in [2.05, 4.69) is 10.4 Å². The molecule has 3 N–H and O–H groups in total. The molecule has 3 heterocycles. The molecule has 2 saturated heterocycles. The van der Waals surface area contributed by atoms with Crippen LogP contribution in [-0.2, 0) is 14.8 Å². The van der Waals surface area contributed by atoms with Gasteiger partial charge in [0, 0.05) is 25.3 Å². The molecule has 2 fully saturated rings. The maximum atomic E-state index is 14.8. The Kier molecular flexibility index (Phi) is 7.69. The van der Waals surface area contributed by atoms with Gasteiger partial charge >= 0.3 is 0 Å². The monoisotopic (exact) mass is 541 g/mol. The van der Waals surface area contributed by atoms with E-state index in [1.165, 1.54) is 27.3 Å². The van der Waals surface area contributed by atoms with Gasteiger partial charge in [-0.2, -0.15) is 9.40 Å². The number of hydrogen-bond acceptors (Lipinski definition) is 7. The van der Waals surface area contributed by atoms with Gasteiger partial charge in [0.25, 0.3) is 5.56 Å². The van der Waals surface area contributed by atoms with Crippen molar-refractivity contribution in [3.8, 4) is 0 Å². The van der Waals surface area contributed by atoms with Gasteiger partial charge in [0.2, 0.25) is 15.9 Å². The number of sulfonamides is 1. The number of carbonyl (C=O) groups excluding carboxylic acids is 1. The zero-order valence-electron chi connectivity index (χ0n) is 19.9. The van der Waals surface area contributed by atoms with Crippen LogP contribution < -0.4 is 16.6 Å². The van der Waals surface area contributed by atoms with E-state index in [-0.39, 0.29) is 53.5 Å². The highest BCUT2D eigenvalue weighted by Crippen LogP contribution is 2.29. The lowest BCUT2D eigenvalue weighted by atomic mass is 9.99. The zero-order chi connectivity index (χ0) is 26.1. The molecule has 0 radical (unpaired) electrons. The first-order chi connectivity index (χ1) is 17.0. The maximum Gasteiger partial charge on any atom is 0.287 e. The quantitative estimate of drug-likeness (QED) is 0.548. The number of carbonyl (C=O) groups is 1. The summed E-state index contributed by atoms with van der Waals surface area (Å²) in [5.41, 5.74) is 4.11. The highest BCUT2D eigenvalue weighted by Gasteiger charge is 2.34. The molecule has 0 saturated carbocycles. The molecule has 0 bridgehead atoms. The highest BCUT2D eigenvalue weighted by atomic mass is 35.5. The van der Waals surface area contributed by atoms with Crippen LogP contribution in [0.4, 0.5) is 10.1 Å². The van der Waals surface area contributed by atoms with Crippen molar-refractivity contribution in [2.75, 3.05) is 38.2 Å². The Morgan fingerprint density at radius 1 is 1.36 bits per heavy atom. The van der Waals surface area contributed by atoms with Gasteiger partial charge in [-0.1, -0.05) is 17.7 Å². The van der Waals surface area contributed by atoms with Gasteiger partial charge in [0.1, 0.15) is 5.02 Å². The molecule has 10 nitrogen and oxygen atoms in total. The Morgan fingerprint density at radius 2 is 2.08 bits per heavy atom. The third-order valence-corrected chi connectivity index (χ3v) is 9.08. The number of halogens is 2. The van der Waals surface area contributed by atoms with Crippen molar-refractivity contribution in [2.24, 2.45) is 5.73 Å². The highest BCUT2D eigenvalue weighted by molar-refractivity contribution is 7.89. The van der Waals surface area contributed by atoms with Crippen molar-refractivity contribution in [1.29, 1.82) is 0 Å². The van der Waals surface area contributed by atoms with Crippen molar-refractivity contribution in [3.63, 3.8) is 0 Å². The first kappa shape index (κ1) is 26.5. The van der Waals surface area contributed by atoms with Crippen LogP contribution in [-0.4, -0.2) is 66.9 Å². The number of nitrogens with two attached hydrogens (primary N) is 1. The van der Waals surface area contributed by atoms with E-state index in [0.717, 1.165) is 0 Å². The number of aromatic nitrogens is 2. The summed E-state index contributed by atoms with van der Waals surface area (Å²) in [6.07, 6.45) is 3.05. The van der Waals surface area contributed by atoms with Crippen LogP contribution in [0.2, 0.25) is 5.02 Å². The lowest BCUT2D eigenvalue weighted by molar-refractivity contribution is -0.0234. The van der Waals surface area contributed by atoms with E-state index in [1.807, 2.05) is 0 Å². The van der Waals surface area contributed by atoms with Gasteiger partial charge in [0.05, 0.1) is 36.0 Å². The minimum atomic E-state index is -3.87. The molecule has 4 rings (SSSR count). The minimum Gasteiger partial charge on any atom is -0.379 e. The summed E-state index contributed by atoms with van der Waals surface area (Å²) in [5, 5.41) is 7.00. The lowest BCUT2D eigenvalue weighted by Gasteiger charge is -2.32. The van der Waals surface area contributed by atoms with Crippen LogP contribution in [0.15, 0.2) is 34.1 Å². The molecule has 13 heteroatoms. The third-order valence-electron chi connectivity index (χ3n) is 6.67. The van der Waals surface area contributed by atoms with E-state index in [9.17, 15) is 22.4 Å². The van der Waals surface area contributed by atoms with Gasteiger partial charge in [0.15, 0.2) is 5.67 Å². The Balaban J connectivity index is 1.45. The van der Waals surface area contributed by atoms with Crippen LogP contribution in [0.25, 0.3) is 0 Å². The van der Waals surface area contributed by atoms with E-state index in [4.69, 9.17) is 22.1 Å². The van der Waals surface area contributed by atoms with Crippen molar-refractivity contribution >= 4 is 33.2 Å². The predicted octanol–water partition coefficient (Wildman–Crippen LogP) is 2.26. The average molecular weight is 542 g/mol. The number of hydrogen-bond donors (Lipinski definition) is 2. The fourth-order valence-electron chi connectivity index (χ4n) is 4.54. The number of alkyl halides is 1. The van der Waals surface area contributed by atoms with Crippen LogP contribution in [0.5, 0.6) is 0 Å². The summed E-state index contributed by atoms with van der Waals surface area (Å²) in [6, 6.07) is 3.97. The Labute approximate surface area is 213 Å². The fraction of sp³-hybridized carbons (Fsp3) is 0.522. The van der Waals surface area contributed by atoms with Gasteiger partial charge in [-0.15, -0.1) is 0 Å². The number of anilines is 1. The van der Waals surface area contributed by atoms with Crippen molar-refractivity contribution < 1.29 is 22.3 Å². The smallest absolute Gasteiger partial charge is 0.287 e. The summed E-state index contributed by atoms with van der Waals surface area (Å²) in [6.45, 7) is 2.42. The van der Waals surface area contributed by atoms with Crippen molar-refractivity contribution in [2.45, 2.75) is 49.2 Å². The van der Waals surface area contributed by atoms with E-state index < -0.39 is 27.2 Å². The molecular formula is C23H29ClFN5O5S. The molecule has 2 aromatic rings. The average Bonchev–Trinajstić information content (AvgIpc) is 2.85. The van der Waals surface area contributed by atoms with E-state index >= 15 is 0 Å². The summed E-state index contributed by atoms with van der Waals surface area (Å²) >= 11 is 6.29. The number of nitrogens with zero attached hydrogens (tertiary/aromatic N) is 3. The Morgan fingerprint density at radius 3 is 2.72 bits per heavy atom. The summed E-state index contributed by atoms with van der Waals surface area (Å²) in [5.74, 6) is -0.709.